The maximum atomic E-state index is 14.7. The Balaban J connectivity index is 1.47. The number of aryl methyl sites for hydroxylation is 1. The topological polar surface area (TPSA) is 57.2 Å². The monoisotopic (exact) mass is 456 g/mol. The highest BCUT2D eigenvalue weighted by Crippen LogP contribution is 2.35. The molecule has 1 N–H and O–H groups in total. The molecular formula is C24H27F3N6. The van der Waals surface area contributed by atoms with Gasteiger partial charge in [-0.05, 0) is 45.8 Å². The lowest BCUT2D eigenvalue weighted by atomic mass is 10.0. The van der Waals surface area contributed by atoms with Crippen molar-refractivity contribution in [3.63, 3.8) is 0 Å². The van der Waals surface area contributed by atoms with Crippen LogP contribution in [0.1, 0.15) is 42.8 Å². The summed E-state index contributed by atoms with van der Waals surface area (Å²) < 4.78 is 41.0. The van der Waals surface area contributed by atoms with Crippen LogP contribution in [0.25, 0.3) is 10.9 Å². The van der Waals surface area contributed by atoms with Gasteiger partial charge in [-0.2, -0.15) is 0 Å². The molecule has 0 amide bonds. The fourth-order valence-electron chi connectivity index (χ4n) is 5.13. The van der Waals surface area contributed by atoms with Crippen LogP contribution in [0.5, 0.6) is 0 Å². The number of aromatic nitrogens is 3. The Bertz CT molecular complexity index is 1190. The summed E-state index contributed by atoms with van der Waals surface area (Å²) >= 11 is 0. The Morgan fingerprint density at radius 1 is 1.15 bits per heavy atom. The van der Waals surface area contributed by atoms with E-state index in [4.69, 9.17) is 0 Å². The number of halogens is 3. The molecule has 174 valence electrons. The van der Waals surface area contributed by atoms with E-state index in [9.17, 15) is 13.2 Å². The van der Waals surface area contributed by atoms with Crippen molar-refractivity contribution >= 4 is 22.5 Å². The van der Waals surface area contributed by atoms with E-state index < -0.39 is 23.8 Å². The molecule has 5 rings (SSSR count). The number of hydrogen-bond donors (Lipinski definition) is 1. The second-order valence-corrected chi connectivity index (χ2v) is 9.10. The third-order valence-electron chi connectivity index (χ3n) is 6.94. The maximum absolute atomic E-state index is 14.7. The number of fused-ring (bicyclic) bond motifs is 2. The molecule has 0 unspecified atom stereocenters. The third-order valence-corrected chi connectivity index (χ3v) is 6.94. The van der Waals surface area contributed by atoms with Crippen LogP contribution >= 0.6 is 0 Å². The smallest absolute Gasteiger partial charge is 0.266 e. The van der Waals surface area contributed by atoms with E-state index >= 15 is 0 Å². The number of hydrogen-bond acceptors (Lipinski definition) is 6. The van der Waals surface area contributed by atoms with E-state index in [1.165, 1.54) is 18.6 Å². The van der Waals surface area contributed by atoms with Gasteiger partial charge in [0.05, 0.1) is 23.3 Å². The Morgan fingerprint density at radius 2 is 1.94 bits per heavy atom. The first-order valence-corrected chi connectivity index (χ1v) is 11.2. The van der Waals surface area contributed by atoms with Crippen LogP contribution in [0.4, 0.5) is 24.8 Å². The van der Waals surface area contributed by atoms with E-state index in [0.717, 1.165) is 36.9 Å². The van der Waals surface area contributed by atoms with Gasteiger partial charge in [0.2, 0.25) is 0 Å². The molecule has 3 aromatic rings. The minimum Gasteiger partial charge on any atom is -0.363 e. The molecule has 3 atom stereocenters. The quantitative estimate of drug-likeness (QED) is 0.600. The fourth-order valence-corrected chi connectivity index (χ4v) is 5.13. The number of likely N-dealkylation sites (tertiary alicyclic amines) is 1. The van der Waals surface area contributed by atoms with Crippen LogP contribution in [0.15, 0.2) is 30.5 Å². The first-order valence-electron chi connectivity index (χ1n) is 11.2. The van der Waals surface area contributed by atoms with Gasteiger partial charge in [-0.1, -0.05) is 18.2 Å². The van der Waals surface area contributed by atoms with Gasteiger partial charge < -0.3 is 15.1 Å². The molecule has 0 spiro atoms. The zero-order valence-corrected chi connectivity index (χ0v) is 18.9. The van der Waals surface area contributed by atoms with Crippen LogP contribution in [-0.4, -0.2) is 52.6 Å². The summed E-state index contributed by atoms with van der Waals surface area (Å²) in [6.07, 6.45) is 0.0680. The Hall–Kier alpha value is -2.94. The fraction of sp³-hybridized carbons (Fsp3) is 0.458. The van der Waals surface area contributed by atoms with E-state index in [2.05, 4.69) is 37.1 Å². The van der Waals surface area contributed by atoms with Gasteiger partial charge in [0.15, 0.2) is 0 Å². The van der Waals surface area contributed by atoms with Crippen LogP contribution < -0.4 is 10.2 Å². The average molecular weight is 457 g/mol. The van der Waals surface area contributed by atoms with Gasteiger partial charge in [-0.3, -0.25) is 0 Å². The predicted octanol–water partition coefficient (Wildman–Crippen LogP) is 4.72. The number of pyridine rings is 1. The molecule has 2 aliphatic rings. The van der Waals surface area contributed by atoms with Crippen LogP contribution in [0.2, 0.25) is 0 Å². The van der Waals surface area contributed by atoms with E-state index in [1.54, 1.807) is 20.0 Å². The first kappa shape index (κ1) is 21.9. The minimum absolute atomic E-state index is 0.168. The lowest BCUT2D eigenvalue weighted by Gasteiger charge is -2.22. The average Bonchev–Trinajstić information content (AvgIpc) is 3.35. The summed E-state index contributed by atoms with van der Waals surface area (Å²) in [5.41, 5.74) is 0.252. The van der Waals surface area contributed by atoms with Crippen molar-refractivity contribution in [2.45, 2.75) is 38.8 Å². The van der Waals surface area contributed by atoms with Gasteiger partial charge in [0.1, 0.15) is 23.3 Å². The van der Waals surface area contributed by atoms with Gasteiger partial charge in [0, 0.05) is 30.1 Å². The molecule has 2 aromatic heterocycles. The van der Waals surface area contributed by atoms with Crippen LogP contribution in [-0.2, 0) is 0 Å². The molecule has 33 heavy (non-hydrogen) atoms. The molecular weight excluding hydrogens is 429 g/mol. The van der Waals surface area contributed by atoms with Crippen molar-refractivity contribution in [3.05, 3.63) is 53.2 Å². The van der Waals surface area contributed by atoms with Gasteiger partial charge >= 0.3 is 0 Å². The molecule has 0 radical (unpaired) electrons. The molecule has 2 aliphatic heterocycles. The number of likely N-dealkylation sites (N-methyl/N-ethyl adjacent to an activating group) is 1. The van der Waals surface area contributed by atoms with Crippen molar-refractivity contribution in [3.8, 4) is 0 Å². The van der Waals surface area contributed by atoms with E-state index in [-0.39, 0.29) is 5.56 Å². The second-order valence-electron chi connectivity index (χ2n) is 9.10. The number of nitrogens with one attached hydrogen (secondary N) is 1. The SMILES string of the molecule is Cc1nc(N[C@H](C)c2cccc(C(F)F)c2F)c2cc(N3C[C@H]4CCN(C)[C@H]4C3)ncc2n1. The molecule has 2 fully saturated rings. The standard InChI is InChI=1S/C24H27F3N6/c1-13(16-5-4-6-17(22(16)25)23(26)27)29-24-18-9-21(28-10-19(18)30-14(2)31-24)33-11-15-7-8-32(3)20(15)12-33/h4-6,9-10,13,15,20,23H,7-8,11-12H2,1-3H3,(H,29,30,31)/t13-,15-,20+/m1/s1. The molecule has 1 aromatic carbocycles. The highest BCUT2D eigenvalue weighted by molar-refractivity contribution is 5.90. The van der Waals surface area contributed by atoms with E-state index in [1.807, 2.05) is 6.07 Å². The molecule has 0 bridgehead atoms. The highest BCUT2D eigenvalue weighted by atomic mass is 19.3. The van der Waals surface area contributed by atoms with Crippen molar-refractivity contribution < 1.29 is 13.2 Å². The van der Waals surface area contributed by atoms with Crippen LogP contribution in [0.3, 0.4) is 0 Å². The number of anilines is 2. The minimum atomic E-state index is -2.87. The first-order chi connectivity index (χ1) is 15.8. The summed E-state index contributed by atoms with van der Waals surface area (Å²) in [4.78, 5) is 18.4. The van der Waals surface area contributed by atoms with Gasteiger partial charge in [-0.15, -0.1) is 0 Å². The lowest BCUT2D eigenvalue weighted by molar-refractivity contribution is 0.146. The molecule has 0 saturated carbocycles. The summed E-state index contributed by atoms with van der Waals surface area (Å²) in [5, 5.41) is 3.99. The van der Waals surface area contributed by atoms with Crippen molar-refractivity contribution in [1.29, 1.82) is 0 Å². The highest BCUT2D eigenvalue weighted by Gasteiger charge is 2.40. The lowest BCUT2D eigenvalue weighted by Crippen LogP contribution is -2.32. The summed E-state index contributed by atoms with van der Waals surface area (Å²) in [6.45, 7) is 6.54. The molecule has 4 heterocycles. The van der Waals surface area contributed by atoms with E-state index in [0.29, 0.717) is 29.1 Å². The number of nitrogens with zero attached hydrogens (tertiary/aromatic N) is 5. The van der Waals surface area contributed by atoms with Crippen molar-refractivity contribution in [1.82, 2.24) is 19.9 Å². The largest absolute Gasteiger partial charge is 0.363 e. The summed E-state index contributed by atoms with van der Waals surface area (Å²) in [6, 6.07) is 6.02. The molecule has 2 saturated heterocycles. The molecule has 9 heteroatoms. The number of rotatable bonds is 5. The Kier molecular flexibility index (Phi) is 5.60. The Morgan fingerprint density at radius 3 is 2.70 bits per heavy atom. The van der Waals surface area contributed by atoms with Crippen LogP contribution in [0, 0.1) is 18.7 Å². The third kappa shape index (κ3) is 3.99. The number of alkyl halides is 2. The van der Waals surface area contributed by atoms with Gasteiger partial charge in [-0.25, -0.2) is 28.1 Å². The number of benzene rings is 1. The summed E-state index contributed by atoms with van der Waals surface area (Å²) in [5.74, 6) is 1.69. The predicted molar refractivity (Wildman–Crippen MR) is 122 cm³/mol. The second kappa shape index (κ2) is 8.44. The zero-order valence-electron chi connectivity index (χ0n) is 18.9. The molecule has 0 aliphatic carbocycles. The van der Waals surface area contributed by atoms with Crippen molar-refractivity contribution in [2.75, 3.05) is 36.9 Å². The van der Waals surface area contributed by atoms with Gasteiger partial charge in [0.25, 0.3) is 6.43 Å². The summed E-state index contributed by atoms with van der Waals surface area (Å²) in [7, 11) is 2.17. The maximum Gasteiger partial charge on any atom is 0.266 e. The zero-order chi connectivity index (χ0) is 23.3. The normalized spacial score (nSPS) is 21.7. The Labute approximate surface area is 190 Å². The van der Waals surface area contributed by atoms with Crippen molar-refractivity contribution in [2.24, 2.45) is 5.92 Å². The molecule has 6 nitrogen and oxygen atoms in total.